The lowest BCUT2D eigenvalue weighted by Crippen LogP contribution is -2.27. The Morgan fingerprint density at radius 1 is 1.40 bits per heavy atom. The summed E-state index contributed by atoms with van der Waals surface area (Å²) in [5.74, 6) is -0.830. The first-order valence-corrected chi connectivity index (χ1v) is 4.58. The molecule has 0 heterocycles. The van der Waals surface area contributed by atoms with Crippen LogP contribution in [0.5, 0.6) is 5.75 Å². The maximum atomic E-state index is 11.4. The summed E-state index contributed by atoms with van der Waals surface area (Å²) < 4.78 is 4.92. The third-order valence-electron chi connectivity index (χ3n) is 1.85. The molecule has 15 heavy (non-hydrogen) atoms. The van der Waals surface area contributed by atoms with E-state index in [0.29, 0.717) is 10.8 Å². The molecular weight excluding hydrogens is 218 g/mol. The van der Waals surface area contributed by atoms with E-state index in [1.807, 2.05) is 0 Å². The van der Waals surface area contributed by atoms with Gasteiger partial charge in [0, 0.05) is 12.6 Å². The third-order valence-corrected chi connectivity index (χ3v) is 2.14. The molecule has 0 atom stereocenters. The second-order valence-corrected chi connectivity index (χ2v) is 3.16. The van der Waals surface area contributed by atoms with Gasteiger partial charge in [-0.15, -0.1) is 0 Å². The number of halogens is 1. The number of rotatable bonds is 3. The van der Waals surface area contributed by atoms with E-state index in [-0.39, 0.29) is 5.56 Å². The van der Waals surface area contributed by atoms with Gasteiger partial charge in [0.25, 0.3) is 5.91 Å². The number of likely N-dealkylation sites (N-methyl/N-ethyl adjacent to an activating group) is 1. The second-order valence-electron chi connectivity index (χ2n) is 2.76. The summed E-state index contributed by atoms with van der Waals surface area (Å²) in [6.45, 7) is 0. The van der Waals surface area contributed by atoms with Crippen LogP contribution in [0.2, 0.25) is 5.02 Å². The Balaban J connectivity index is 3.02. The van der Waals surface area contributed by atoms with E-state index in [1.165, 1.54) is 26.3 Å². The van der Waals surface area contributed by atoms with E-state index in [1.54, 1.807) is 6.07 Å². The Morgan fingerprint density at radius 2 is 2.07 bits per heavy atom. The summed E-state index contributed by atoms with van der Waals surface area (Å²) in [4.78, 5) is 22.5. The zero-order valence-corrected chi connectivity index (χ0v) is 9.09. The van der Waals surface area contributed by atoms with Gasteiger partial charge in [-0.05, 0) is 18.2 Å². The van der Waals surface area contributed by atoms with E-state index in [0.717, 1.165) is 0 Å². The fourth-order valence-corrected chi connectivity index (χ4v) is 1.31. The Morgan fingerprint density at radius 3 is 2.53 bits per heavy atom. The van der Waals surface area contributed by atoms with Gasteiger partial charge in [0.1, 0.15) is 5.75 Å². The van der Waals surface area contributed by atoms with Crippen molar-refractivity contribution in [1.29, 1.82) is 0 Å². The van der Waals surface area contributed by atoms with Crippen molar-refractivity contribution in [3.63, 3.8) is 0 Å². The highest BCUT2D eigenvalue weighted by Gasteiger charge is 2.15. The molecule has 0 radical (unpaired) electrons. The molecule has 0 aliphatic carbocycles. The van der Waals surface area contributed by atoms with Gasteiger partial charge in [-0.25, -0.2) is 0 Å². The average Bonchev–Trinajstić information content (AvgIpc) is 2.26. The quantitative estimate of drug-likeness (QED) is 0.625. The maximum absolute atomic E-state index is 11.4. The fourth-order valence-electron chi connectivity index (χ4n) is 1.05. The molecule has 1 rings (SSSR count). The number of benzene rings is 1. The number of amides is 1. The summed E-state index contributed by atoms with van der Waals surface area (Å²) in [5.41, 5.74) is 0.236. The van der Waals surface area contributed by atoms with Gasteiger partial charge < -0.3 is 10.1 Å². The van der Waals surface area contributed by atoms with Gasteiger partial charge >= 0.3 is 0 Å². The lowest BCUT2D eigenvalue weighted by molar-refractivity contribution is -0.116. The first kappa shape index (κ1) is 11.5. The molecule has 1 aromatic carbocycles. The zero-order valence-electron chi connectivity index (χ0n) is 8.33. The van der Waals surface area contributed by atoms with Crippen molar-refractivity contribution in [2.75, 3.05) is 14.2 Å². The minimum absolute atomic E-state index is 0.236. The van der Waals surface area contributed by atoms with E-state index in [9.17, 15) is 9.59 Å². The number of nitrogens with one attached hydrogen (secondary N) is 1. The summed E-state index contributed by atoms with van der Waals surface area (Å²) in [5, 5.41) is 2.55. The van der Waals surface area contributed by atoms with Crippen molar-refractivity contribution >= 4 is 23.3 Å². The van der Waals surface area contributed by atoms with Crippen LogP contribution >= 0.6 is 11.6 Å². The van der Waals surface area contributed by atoms with Gasteiger partial charge in [0.05, 0.1) is 12.1 Å². The second kappa shape index (κ2) is 4.79. The number of ketones is 1. The summed E-state index contributed by atoms with van der Waals surface area (Å²) in [6.07, 6.45) is 0. The van der Waals surface area contributed by atoms with Crippen LogP contribution in [0.3, 0.4) is 0 Å². The molecule has 80 valence electrons. The third kappa shape index (κ3) is 2.47. The highest BCUT2D eigenvalue weighted by molar-refractivity contribution is 6.43. The Labute approximate surface area is 92.2 Å². The molecule has 1 aromatic rings. The predicted molar refractivity (Wildman–Crippen MR) is 56.4 cm³/mol. The molecule has 0 fully saturated rings. The number of Topliss-reactive ketones (excluding diaryl/α,β-unsaturated/α-hetero) is 1. The van der Waals surface area contributed by atoms with Crippen molar-refractivity contribution in [3.05, 3.63) is 28.8 Å². The number of hydrogen-bond acceptors (Lipinski definition) is 3. The van der Waals surface area contributed by atoms with Crippen molar-refractivity contribution in [3.8, 4) is 5.75 Å². The van der Waals surface area contributed by atoms with Crippen molar-refractivity contribution in [2.24, 2.45) is 0 Å². The maximum Gasteiger partial charge on any atom is 0.292 e. The van der Waals surface area contributed by atoms with Crippen LogP contribution < -0.4 is 10.1 Å². The Hall–Kier alpha value is -1.55. The van der Waals surface area contributed by atoms with Crippen LogP contribution in [0.15, 0.2) is 18.2 Å². The van der Waals surface area contributed by atoms with Gasteiger partial charge in [0.15, 0.2) is 0 Å². The molecule has 0 bridgehead atoms. The van der Waals surface area contributed by atoms with E-state index in [4.69, 9.17) is 16.3 Å². The van der Waals surface area contributed by atoms with Crippen molar-refractivity contribution in [2.45, 2.75) is 0 Å². The molecule has 5 heteroatoms. The van der Waals surface area contributed by atoms with Gasteiger partial charge in [-0.2, -0.15) is 0 Å². The van der Waals surface area contributed by atoms with Gasteiger partial charge in [-0.3, -0.25) is 9.59 Å². The number of methoxy groups -OCH3 is 1. The van der Waals surface area contributed by atoms with Crippen LogP contribution in [-0.2, 0) is 4.79 Å². The molecule has 0 aliphatic rings. The van der Waals surface area contributed by atoms with Crippen LogP contribution in [0.4, 0.5) is 0 Å². The Kier molecular flexibility index (Phi) is 3.68. The lowest BCUT2D eigenvalue weighted by Gasteiger charge is -2.04. The molecule has 0 spiro atoms. The van der Waals surface area contributed by atoms with Crippen LogP contribution in [-0.4, -0.2) is 25.8 Å². The molecule has 1 amide bonds. The fraction of sp³-hybridized carbons (Fsp3) is 0.200. The number of carbonyl (C=O) groups excluding carboxylic acids is 2. The van der Waals surface area contributed by atoms with Crippen LogP contribution in [0.25, 0.3) is 0 Å². The molecule has 1 N–H and O–H groups in total. The molecule has 0 unspecified atom stereocenters. The first-order chi connectivity index (χ1) is 7.10. The van der Waals surface area contributed by atoms with Gasteiger partial charge in [-0.1, -0.05) is 11.6 Å². The van der Waals surface area contributed by atoms with Gasteiger partial charge in [0.2, 0.25) is 5.78 Å². The minimum atomic E-state index is -0.670. The standard InChI is InChI=1S/C10H10ClNO3/c1-12-10(14)9(13)6-3-4-8(15-2)7(11)5-6/h3-5H,1-2H3,(H,12,14). The molecule has 0 saturated carbocycles. The summed E-state index contributed by atoms with van der Waals surface area (Å²) in [7, 11) is 2.87. The summed E-state index contributed by atoms with van der Waals surface area (Å²) >= 11 is 5.81. The van der Waals surface area contributed by atoms with E-state index in [2.05, 4.69) is 5.32 Å². The first-order valence-electron chi connectivity index (χ1n) is 4.20. The average molecular weight is 228 g/mol. The number of carbonyl (C=O) groups is 2. The predicted octanol–water partition coefficient (Wildman–Crippen LogP) is 1.28. The molecule has 0 aliphatic heterocycles. The van der Waals surface area contributed by atoms with Crippen LogP contribution in [0, 0.1) is 0 Å². The topological polar surface area (TPSA) is 55.4 Å². The normalized spacial score (nSPS) is 9.53. The van der Waals surface area contributed by atoms with Crippen LogP contribution in [0.1, 0.15) is 10.4 Å². The smallest absolute Gasteiger partial charge is 0.292 e. The highest BCUT2D eigenvalue weighted by Crippen LogP contribution is 2.24. The largest absolute Gasteiger partial charge is 0.495 e. The number of hydrogen-bond donors (Lipinski definition) is 1. The summed E-state index contributed by atoms with van der Waals surface area (Å²) in [6, 6.07) is 4.43. The molecule has 4 nitrogen and oxygen atoms in total. The monoisotopic (exact) mass is 227 g/mol. The SMILES string of the molecule is CNC(=O)C(=O)c1ccc(OC)c(Cl)c1. The highest BCUT2D eigenvalue weighted by atomic mass is 35.5. The molecule has 0 aromatic heterocycles. The molecule has 0 saturated heterocycles. The molecular formula is C10H10ClNO3. The Bertz CT molecular complexity index is 404. The minimum Gasteiger partial charge on any atom is -0.495 e. The lowest BCUT2D eigenvalue weighted by atomic mass is 10.1. The zero-order chi connectivity index (χ0) is 11.4. The van der Waals surface area contributed by atoms with E-state index < -0.39 is 11.7 Å². The van der Waals surface area contributed by atoms with Crippen molar-refractivity contribution < 1.29 is 14.3 Å². The van der Waals surface area contributed by atoms with Crippen molar-refractivity contribution in [1.82, 2.24) is 5.32 Å². The number of ether oxygens (including phenoxy) is 1. The van der Waals surface area contributed by atoms with E-state index >= 15 is 0 Å².